The number of amides is 1. The van der Waals surface area contributed by atoms with Gasteiger partial charge in [0.25, 0.3) is 5.91 Å². The van der Waals surface area contributed by atoms with Gasteiger partial charge in [-0.3, -0.25) is 23.9 Å². The van der Waals surface area contributed by atoms with Gasteiger partial charge in [0.2, 0.25) is 5.88 Å². The molecule has 9 nitrogen and oxygen atoms in total. The number of aryl methyl sites for hydroxylation is 1. The van der Waals surface area contributed by atoms with E-state index in [0.717, 1.165) is 50.4 Å². The molecule has 1 amide bonds. The number of nitrogens with zero attached hydrogens (tertiary/aromatic N) is 3. The lowest BCUT2D eigenvalue weighted by Crippen LogP contribution is -2.33. The average molecular weight is 664 g/mol. The molecule has 1 saturated heterocycles. The van der Waals surface area contributed by atoms with Crippen LogP contribution in [0.4, 0.5) is 17.1 Å². The molecule has 13 heteroatoms. The molecule has 0 aliphatic carbocycles. The SMILES string of the molecule is Cc1ccc(N(c2ccc(C=C3SC(=S)N(CC(=O)O)C3=O)cc2)c2ccc(Cc3sc(=S)n(CC(=O)O)c3O)cc2)cc1. The van der Waals surface area contributed by atoms with Crippen LogP contribution in [0.3, 0.4) is 0 Å². The molecule has 224 valence electrons. The Hall–Kier alpha value is -4.30. The molecule has 5 rings (SSSR count). The molecule has 1 aromatic heterocycles. The number of benzene rings is 3. The van der Waals surface area contributed by atoms with E-state index < -0.39 is 30.9 Å². The summed E-state index contributed by atoms with van der Waals surface area (Å²) in [6, 6.07) is 23.6. The maximum absolute atomic E-state index is 12.7. The summed E-state index contributed by atoms with van der Waals surface area (Å²) in [5, 5.41) is 28.7. The summed E-state index contributed by atoms with van der Waals surface area (Å²) in [5.74, 6) is -2.76. The molecule has 2 heterocycles. The zero-order valence-corrected chi connectivity index (χ0v) is 26.4. The van der Waals surface area contributed by atoms with Gasteiger partial charge in [0, 0.05) is 23.5 Å². The van der Waals surface area contributed by atoms with Gasteiger partial charge in [0.1, 0.15) is 17.4 Å². The van der Waals surface area contributed by atoms with Crippen LogP contribution in [0.1, 0.15) is 21.6 Å². The Balaban J connectivity index is 1.41. The van der Waals surface area contributed by atoms with Crippen LogP contribution in [0.15, 0.2) is 77.7 Å². The van der Waals surface area contributed by atoms with Gasteiger partial charge in [0.15, 0.2) is 3.95 Å². The predicted molar refractivity (Wildman–Crippen MR) is 179 cm³/mol. The fourth-order valence-corrected chi connectivity index (χ4v) is 7.19. The van der Waals surface area contributed by atoms with Crippen molar-refractivity contribution < 1.29 is 29.7 Å². The van der Waals surface area contributed by atoms with Gasteiger partial charge >= 0.3 is 11.9 Å². The Morgan fingerprint density at radius 3 is 1.98 bits per heavy atom. The lowest BCUT2D eigenvalue weighted by Gasteiger charge is -2.26. The van der Waals surface area contributed by atoms with Crippen LogP contribution < -0.4 is 4.90 Å². The molecule has 0 spiro atoms. The summed E-state index contributed by atoms with van der Waals surface area (Å²) >= 11 is 12.7. The molecule has 1 aliphatic heterocycles. The van der Waals surface area contributed by atoms with Crippen LogP contribution >= 0.6 is 47.5 Å². The first-order valence-electron chi connectivity index (χ1n) is 13.2. The standard InChI is InChI=1S/C31H25N3O6S4/c1-18-2-8-21(9-3-18)34(22-10-4-19(5-11-22)14-24-28(39)32(16-26(35)36)30(41)43-24)23-12-6-20(7-13-23)15-25-29(40)33(17-27(37)38)31(42)44-25/h2-14,40H,15-17H2,1H3,(H,35,36)(H,37,38). The van der Waals surface area contributed by atoms with Gasteiger partial charge in [-0.1, -0.05) is 65.9 Å². The van der Waals surface area contributed by atoms with E-state index in [9.17, 15) is 19.5 Å². The zero-order chi connectivity index (χ0) is 31.5. The number of hydrogen-bond acceptors (Lipinski definition) is 9. The van der Waals surface area contributed by atoms with Crippen molar-refractivity contribution in [2.45, 2.75) is 19.9 Å². The third-order valence-corrected chi connectivity index (χ3v) is 9.51. The van der Waals surface area contributed by atoms with Crippen molar-refractivity contribution in [2.24, 2.45) is 0 Å². The summed E-state index contributed by atoms with van der Waals surface area (Å²) in [7, 11) is 0. The number of carboxylic acid groups (broad SMARTS) is 2. The molecular weight excluding hydrogens is 639 g/mol. The van der Waals surface area contributed by atoms with Crippen molar-refractivity contribution in [2.75, 3.05) is 11.4 Å². The number of thiazole rings is 1. The predicted octanol–water partition coefficient (Wildman–Crippen LogP) is 6.72. The zero-order valence-electron chi connectivity index (χ0n) is 23.2. The van der Waals surface area contributed by atoms with E-state index in [1.54, 1.807) is 6.08 Å². The van der Waals surface area contributed by atoms with E-state index >= 15 is 0 Å². The third kappa shape index (κ3) is 6.91. The molecule has 0 saturated carbocycles. The number of thiocarbonyl (C=S) groups is 1. The van der Waals surface area contributed by atoms with Crippen LogP contribution in [0.5, 0.6) is 5.88 Å². The van der Waals surface area contributed by atoms with Crippen molar-refractivity contribution in [3.8, 4) is 5.88 Å². The number of carbonyl (C=O) groups excluding carboxylic acids is 1. The Labute approximate surface area is 271 Å². The Morgan fingerprint density at radius 1 is 0.864 bits per heavy atom. The highest BCUT2D eigenvalue weighted by Gasteiger charge is 2.33. The normalized spacial score (nSPS) is 13.9. The molecular formula is C31H25N3O6S4. The molecule has 0 unspecified atom stereocenters. The largest absolute Gasteiger partial charge is 0.494 e. The van der Waals surface area contributed by atoms with Gasteiger partial charge in [-0.25, -0.2) is 0 Å². The minimum Gasteiger partial charge on any atom is -0.494 e. The first kappa shape index (κ1) is 31.1. The summed E-state index contributed by atoms with van der Waals surface area (Å²) in [6.45, 7) is 1.15. The number of thioether (sulfide) groups is 1. The third-order valence-electron chi connectivity index (χ3n) is 6.70. The van der Waals surface area contributed by atoms with Crippen LogP contribution in [-0.2, 0) is 27.3 Å². The Kier molecular flexibility index (Phi) is 9.30. The smallest absolute Gasteiger partial charge is 0.323 e. The highest BCUT2D eigenvalue weighted by Crippen LogP contribution is 2.37. The van der Waals surface area contributed by atoms with Crippen LogP contribution in [-0.4, -0.2) is 53.5 Å². The van der Waals surface area contributed by atoms with Gasteiger partial charge in [-0.05, 0) is 72.7 Å². The lowest BCUT2D eigenvalue weighted by molar-refractivity contribution is -0.140. The second-order valence-electron chi connectivity index (χ2n) is 9.86. The van der Waals surface area contributed by atoms with Gasteiger partial charge in [0.05, 0.1) is 9.78 Å². The minimum atomic E-state index is -1.13. The Bertz CT molecular complexity index is 1850. The maximum atomic E-state index is 12.7. The highest BCUT2D eigenvalue weighted by atomic mass is 32.2. The van der Waals surface area contributed by atoms with Gasteiger partial charge < -0.3 is 20.2 Å². The summed E-state index contributed by atoms with van der Waals surface area (Å²) in [5.41, 5.74) is 5.50. The molecule has 1 aliphatic rings. The van der Waals surface area contributed by atoms with Gasteiger partial charge in [-0.2, -0.15) is 0 Å². The summed E-state index contributed by atoms with van der Waals surface area (Å²) in [4.78, 5) is 39.1. The van der Waals surface area contributed by atoms with E-state index in [2.05, 4.69) is 4.90 Å². The first-order chi connectivity index (χ1) is 21.0. The quantitative estimate of drug-likeness (QED) is 0.124. The number of carbonyl (C=O) groups is 3. The molecule has 3 N–H and O–H groups in total. The second-order valence-corrected chi connectivity index (χ2v) is 13.3. The molecule has 1 fully saturated rings. The summed E-state index contributed by atoms with van der Waals surface area (Å²) in [6.07, 6.45) is 2.09. The molecule has 0 atom stereocenters. The van der Waals surface area contributed by atoms with Crippen LogP contribution in [0.2, 0.25) is 0 Å². The number of rotatable bonds is 10. The van der Waals surface area contributed by atoms with E-state index in [1.165, 1.54) is 15.9 Å². The molecule has 3 aromatic carbocycles. The van der Waals surface area contributed by atoms with Crippen LogP contribution in [0.25, 0.3) is 6.08 Å². The van der Waals surface area contributed by atoms with Crippen LogP contribution in [0, 0.1) is 10.9 Å². The number of anilines is 3. The highest BCUT2D eigenvalue weighted by molar-refractivity contribution is 8.26. The number of aliphatic carboxylic acids is 2. The molecule has 0 bridgehead atoms. The molecule has 44 heavy (non-hydrogen) atoms. The molecule has 0 radical (unpaired) electrons. The average Bonchev–Trinajstić information content (AvgIpc) is 3.39. The topological polar surface area (TPSA) is 123 Å². The lowest BCUT2D eigenvalue weighted by atomic mass is 10.1. The summed E-state index contributed by atoms with van der Waals surface area (Å²) < 4.78 is 1.73. The number of aromatic nitrogens is 1. The molecule has 4 aromatic rings. The van der Waals surface area contributed by atoms with Gasteiger partial charge in [-0.15, -0.1) is 11.3 Å². The first-order valence-corrected chi connectivity index (χ1v) is 15.6. The van der Waals surface area contributed by atoms with E-state index in [1.807, 2.05) is 79.7 Å². The minimum absolute atomic E-state index is 0.128. The second kappa shape index (κ2) is 13.1. The maximum Gasteiger partial charge on any atom is 0.323 e. The number of aromatic hydroxyl groups is 1. The fourth-order valence-electron chi connectivity index (χ4n) is 4.56. The van der Waals surface area contributed by atoms with E-state index in [4.69, 9.17) is 34.6 Å². The fraction of sp³-hybridized carbons (Fsp3) is 0.129. The van der Waals surface area contributed by atoms with E-state index in [-0.39, 0.29) is 10.2 Å². The number of hydrogen-bond donors (Lipinski definition) is 3. The van der Waals surface area contributed by atoms with Crippen molar-refractivity contribution in [3.05, 3.63) is 103 Å². The van der Waals surface area contributed by atoms with E-state index in [0.29, 0.717) is 20.2 Å². The van der Waals surface area contributed by atoms with Crippen molar-refractivity contribution in [1.82, 2.24) is 9.47 Å². The Morgan fingerprint density at radius 2 is 1.41 bits per heavy atom. The van der Waals surface area contributed by atoms with Crippen molar-refractivity contribution in [1.29, 1.82) is 0 Å². The number of carboxylic acids is 2. The monoisotopic (exact) mass is 663 g/mol. The van der Waals surface area contributed by atoms with Crippen molar-refractivity contribution in [3.63, 3.8) is 0 Å². The van der Waals surface area contributed by atoms with Crippen molar-refractivity contribution >= 4 is 92.8 Å².